The summed E-state index contributed by atoms with van der Waals surface area (Å²) in [6.45, 7) is 5.27. The number of nitrogens with one attached hydrogen (secondary N) is 1. The number of nitrogens with zero attached hydrogens (tertiary/aromatic N) is 3. The summed E-state index contributed by atoms with van der Waals surface area (Å²) in [5, 5.41) is 7.98. The van der Waals surface area contributed by atoms with Crippen molar-refractivity contribution in [1.82, 2.24) is 15.1 Å². The van der Waals surface area contributed by atoms with Gasteiger partial charge in [-0.3, -0.25) is 0 Å². The average Bonchev–Trinajstić information content (AvgIpc) is 3.08. The highest BCUT2D eigenvalue weighted by Gasteiger charge is 2.51. The summed E-state index contributed by atoms with van der Waals surface area (Å²) < 4.78 is 16.8. The minimum Gasteiger partial charge on any atom is -0.460 e. The van der Waals surface area contributed by atoms with Gasteiger partial charge in [-0.1, -0.05) is 5.16 Å². The number of hydrogen-bond donors (Lipinski definition) is 1. The molecule has 4 aliphatic carbocycles. The van der Waals surface area contributed by atoms with Gasteiger partial charge in [-0.05, 0) is 76.5 Å². The maximum absolute atomic E-state index is 12.1. The molecule has 0 radical (unpaired) electrons. The number of aromatic nitrogens is 3. The summed E-state index contributed by atoms with van der Waals surface area (Å²) in [6, 6.07) is 0. The molecule has 0 amide bonds. The molecule has 6 rings (SSSR count). The van der Waals surface area contributed by atoms with Gasteiger partial charge in [0.1, 0.15) is 11.2 Å². The van der Waals surface area contributed by atoms with E-state index in [4.69, 9.17) is 14.0 Å². The Morgan fingerprint density at radius 3 is 2.53 bits per heavy atom. The number of esters is 1. The second-order valence-corrected chi connectivity index (χ2v) is 9.29. The zero-order valence-electron chi connectivity index (χ0n) is 17.8. The number of carbonyl (C=O) groups excluding carboxylic acids is 1. The zero-order chi connectivity index (χ0) is 20.7. The lowest BCUT2D eigenvalue weighted by molar-refractivity contribution is -0.162. The SMILES string of the molecule is CCOC(=O)c1nc(NCCCOC23CC4CC(CC(C4)C2)C3)c2c(C)noc2n1. The molecule has 4 bridgehead atoms. The molecule has 2 aromatic rings. The Labute approximate surface area is 176 Å². The average molecular weight is 415 g/mol. The van der Waals surface area contributed by atoms with E-state index in [0.717, 1.165) is 30.8 Å². The van der Waals surface area contributed by atoms with Crippen LogP contribution in [0, 0.1) is 24.7 Å². The molecule has 1 N–H and O–H groups in total. The minimum atomic E-state index is -0.568. The van der Waals surface area contributed by atoms with Crippen molar-refractivity contribution in [2.75, 3.05) is 25.1 Å². The lowest BCUT2D eigenvalue weighted by atomic mass is 9.54. The molecule has 2 aromatic heterocycles. The van der Waals surface area contributed by atoms with E-state index in [1.807, 2.05) is 6.92 Å². The van der Waals surface area contributed by atoms with Crippen LogP contribution in [-0.4, -0.2) is 46.5 Å². The van der Waals surface area contributed by atoms with E-state index >= 15 is 0 Å². The third-order valence-electron chi connectivity index (χ3n) is 6.97. The summed E-state index contributed by atoms with van der Waals surface area (Å²) in [7, 11) is 0. The zero-order valence-corrected chi connectivity index (χ0v) is 17.8. The molecule has 2 heterocycles. The fraction of sp³-hybridized carbons (Fsp3) is 0.727. The van der Waals surface area contributed by atoms with Crippen molar-refractivity contribution in [2.24, 2.45) is 17.8 Å². The van der Waals surface area contributed by atoms with Gasteiger partial charge in [-0.25, -0.2) is 9.78 Å². The predicted octanol–water partition coefficient (Wildman–Crippen LogP) is 3.89. The normalized spacial score (nSPS) is 29.5. The van der Waals surface area contributed by atoms with Gasteiger partial charge in [0.25, 0.3) is 5.71 Å². The van der Waals surface area contributed by atoms with Gasteiger partial charge in [0.2, 0.25) is 5.82 Å². The first kappa shape index (κ1) is 19.7. The highest BCUT2D eigenvalue weighted by atomic mass is 16.5. The predicted molar refractivity (Wildman–Crippen MR) is 110 cm³/mol. The van der Waals surface area contributed by atoms with Crippen molar-refractivity contribution in [2.45, 2.75) is 64.4 Å². The molecule has 0 saturated heterocycles. The van der Waals surface area contributed by atoms with Crippen molar-refractivity contribution >= 4 is 22.9 Å². The van der Waals surface area contributed by atoms with Crippen LogP contribution in [0.25, 0.3) is 11.1 Å². The van der Waals surface area contributed by atoms with Crippen LogP contribution in [0.5, 0.6) is 0 Å². The molecule has 4 fully saturated rings. The molecule has 30 heavy (non-hydrogen) atoms. The van der Waals surface area contributed by atoms with Crippen molar-refractivity contribution in [3.63, 3.8) is 0 Å². The number of carbonyl (C=O) groups is 1. The van der Waals surface area contributed by atoms with Gasteiger partial charge >= 0.3 is 5.97 Å². The standard InChI is InChI=1S/C22H30N4O4/c1-3-28-21(27)19-24-18(17-13(2)26-30-20(17)25-19)23-5-4-6-29-22-10-14-7-15(11-22)9-16(8-14)12-22/h14-16H,3-12H2,1-2H3,(H,23,24,25). The number of fused-ring (bicyclic) bond motifs is 1. The molecule has 4 aliphatic rings. The number of anilines is 1. The number of ether oxygens (including phenoxy) is 2. The van der Waals surface area contributed by atoms with Crippen molar-refractivity contribution < 1.29 is 18.8 Å². The Hall–Kier alpha value is -2.22. The number of hydrogen-bond acceptors (Lipinski definition) is 8. The highest BCUT2D eigenvalue weighted by molar-refractivity contribution is 5.93. The molecule has 0 aromatic carbocycles. The Morgan fingerprint density at radius 2 is 1.87 bits per heavy atom. The Balaban J connectivity index is 1.20. The van der Waals surface area contributed by atoms with Crippen LogP contribution in [0.3, 0.4) is 0 Å². The van der Waals surface area contributed by atoms with E-state index in [1.54, 1.807) is 6.92 Å². The first-order valence-corrected chi connectivity index (χ1v) is 11.2. The Morgan fingerprint density at radius 1 is 1.17 bits per heavy atom. The Kier molecular flexibility index (Phi) is 5.13. The molecule has 0 atom stereocenters. The monoisotopic (exact) mass is 414 g/mol. The molecule has 0 aliphatic heterocycles. The second-order valence-electron chi connectivity index (χ2n) is 9.29. The summed E-state index contributed by atoms with van der Waals surface area (Å²) in [4.78, 5) is 20.6. The fourth-order valence-electron chi connectivity index (χ4n) is 6.18. The molecule has 162 valence electrons. The summed E-state index contributed by atoms with van der Waals surface area (Å²) in [5.74, 6) is 2.63. The second kappa shape index (κ2) is 7.80. The maximum atomic E-state index is 12.1. The van der Waals surface area contributed by atoms with E-state index in [9.17, 15) is 4.79 Å². The van der Waals surface area contributed by atoms with Gasteiger partial charge in [-0.15, -0.1) is 0 Å². The first-order valence-electron chi connectivity index (χ1n) is 11.2. The van der Waals surface area contributed by atoms with Crippen LogP contribution in [-0.2, 0) is 9.47 Å². The van der Waals surface area contributed by atoms with Gasteiger partial charge < -0.3 is 19.3 Å². The molecule has 8 nitrogen and oxygen atoms in total. The lowest BCUT2D eigenvalue weighted by Crippen LogP contribution is -2.52. The quantitative estimate of drug-likeness (QED) is 0.513. The van der Waals surface area contributed by atoms with Crippen molar-refractivity contribution in [3.8, 4) is 0 Å². The van der Waals surface area contributed by atoms with E-state index < -0.39 is 5.97 Å². The maximum Gasteiger partial charge on any atom is 0.376 e. The van der Waals surface area contributed by atoms with Gasteiger partial charge in [0.15, 0.2) is 0 Å². The number of rotatable bonds is 8. The summed E-state index contributed by atoms with van der Waals surface area (Å²) >= 11 is 0. The molecule has 0 unspecified atom stereocenters. The van der Waals surface area contributed by atoms with Crippen LogP contribution in [0.2, 0.25) is 0 Å². The van der Waals surface area contributed by atoms with E-state index in [1.165, 1.54) is 38.5 Å². The molecule has 8 heteroatoms. The molecular formula is C22H30N4O4. The van der Waals surface area contributed by atoms with Gasteiger partial charge in [0.05, 0.1) is 17.9 Å². The van der Waals surface area contributed by atoms with E-state index in [0.29, 0.717) is 23.4 Å². The smallest absolute Gasteiger partial charge is 0.376 e. The Bertz CT molecular complexity index is 905. The minimum absolute atomic E-state index is 0.0205. The number of aryl methyl sites for hydroxylation is 1. The summed E-state index contributed by atoms with van der Waals surface area (Å²) in [6.07, 6.45) is 8.90. The third-order valence-corrected chi connectivity index (χ3v) is 6.97. The molecular weight excluding hydrogens is 384 g/mol. The van der Waals surface area contributed by atoms with Gasteiger partial charge in [0, 0.05) is 13.2 Å². The van der Waals surface area contributed by atoms with E-state index in [-0.39, 0.29) is 23.7 Å². The van der Waals surface area contributed by atoms with Crippen LogP contribution in [0.15, 0.2) is 4.52 Å². The largest absolute Gasteiger partial charge is 0.460 e. The van der Waals surface area contributed by atoms with Crippen LogP contribution in [0.4, 0.5) is 5.82 Å². The highest BCUT2D eigenvalue weighted by Crippen LogP contribution is 2.57. The van der Waals surface area contributed by atoms with Gasteiger partial charge in [-0.2, -0.15) is 4.98 Å². The molecule has 0 spiro atoms. The van der Waals surface area contributed by atoms with Crippen molar-refractivity contribution in [3.05, 3.63) is 11.5 Å². The van der Waals surface area contributed by atoms with Crippen molar-refractivity contribution in [1.29, 1.82) is 0 Å². The van der Waals surface area contributed by atoms with E-state index in [2.05, 4.69) is 20.4 Å². The third kappa shape index (κ3) is 3.66. The van der Waals surface area contributed by atoms with Crippen LogP contribution >= 0.6 is 0 Å². The lowest BCUT2D eigenvalue weighted by Gasteiger charge is -2.56. The van der Waals surface area contributed by atoms with Crippen LogP contribution < -0.4 is 5.32 Å². The fourth-order valence-corrected chi connectivity index (χ4v) is 6.18. The van der Waals surface area contributed by atoms with Crippen LogP contribution in [0.1, 0.15) is 68.2 Å². The molecule has 4 saturated carbocycles. The summed E-state index contributed by atoms with van der Waals surface area (Å²) in [5.41, 5.74) is 1.12. The topological polar surface area (TPSA) is 99.4 Å². The first-order chi connectivity index (χ1) is 14.5.